The summed E-state index contributed by atoms with van der Waals surface area (Å²) in [5.41, 5.74) is 0. The van der Waals surface area contributed by atoms with Crippen molar-refractivity contribution in [2.75, 3.05) is 20.2 Å². The molecule has 0 aromatic rings. The van der Waals surface area contributed by atoms with E-state index < -0.39 is 0 Å². The highest BCUT2D eigenvalue weighted by atomic mass is 35.5. The molecule has 2 rings (SSSR count). The molecule has 0 amide bonds. The molecule has 0 N–H and O–H groups in total. The molecule has 0 aromatic heterocycles. The van der Waals surface area contributed by atoms with Gasteiger partial charge in [0.1, 0.15) is 0 Å². The van der Waals surface area contributed by atoms with Crippen LogP contribution < -0.4 is 0 Å². The fourth-order valence-corrected chi connectivity index (χ4v) is 2.78. The normalized spacial score (nSPS) is 28.0. The topological polar surface area (TPSA) is 12.5 Å². The van der Waals surface area contributed by atoms with E-state index in [4.69, 9.17) is 4.74 Å². The zero-order valence-electron chi connectivity index (χ0n) is 9.78. The lowest BCUT2D eigenvalue weighted by atomic mass is 9.94. The lowest BCUT2D eigenvalue weighted by Crippen LogP contribution is -2.38. The Hall–Kier alpha value is 0.210. The van der Waals surface area contributed by atoms with E-state index in [1.807, 2.05) is 0 Å². The van der Waals surface area contributed by atoms with Crippen LogP contribution in [0.15, 0.2) is 0 Å². The van der Waals surface area contributed by atoms with Crippen LogP contribution in [0.2, 0.25) is 0 Å². The van der Waals surface area contributed by atoms with Crippen molar-refractivity contribution in [3.63, 3.8) is 0 Å². The molecule has 2 nitrogen and oxygen atoms in total. The zero-order valence-corrected chi connectivity index (χ0v) is 10.6. The maximum Gasteiger partial charge on any atom is 0.0702 e. The molecule has 15 heavy (non-hydrogen) atoms. The zero-order chi connectivity index (χ0) is 9.80. The number of ether oxygens (including phenoxy) is 1. The van der Waals surface area contributed by atoms with E-state index in [1.165, 1.54) is 44.9 Å². The lowest BCUT2D eigenvalue weighted by Gasteiger charge is -2.32. The number of rotatable bonds is 3. The number of nitrogens with zero attached hydrogens (tertiary/aromatic N) is 1. The molecule has 0 bridgehead atoms. The average Bonchev–Trinajstić information content (AvgIpc) is 2.72. The molecule has 3 heteroatoms. The first-order valence-electron chi connectivity index (χ1n) is 6.18. The molecule has 1 heterocycles. The predicted octanol–water partition coefficient (Wildman–Crippen LogP) is 2.85. The van der Waals surface area contributed by atoms with E-state index in [-0.39, 0.29) is 12.4 Å². The molecule has 0 spiro atoms. The second-order valence-corrected chi connectivity index (χ2v) is 4.87. The molecule has 1 atom stereocenters. The summed E-state index contributed by atoms with van der Waals surface area (Å²) in [4.78, 5) is 2.54. The molecule has 1 aliphatic heterocycles. The Balaban J connectivity index is 0.00000112. The summed E-state index contributed by atoms with van der Waals surface area (Å²) < 4.78 is 5.67. The third kappa shape index (κ3) is 3.93. The number of halogens is 1. The third-order valence-corrected chi connectivity index (χ3v) is 3.71. The predicted molar refractivity (Wildman–Crippen MR) is 65.7 cm³/mol. The molecular formula is C12H24ClNO. The molecule has 2 fully saturated rings. The van der Waals surface area contributed by atoms with Crippen LogP contribution in [0, 0.1) is 0 Å². The maximum absolute atomic E-state index is 5.67. The monoisotopic (exact) mass is 233 g/mol. The highest BCUT2D eigenvalue weighted by Gasteiger charge is 2.22. The van der Waals surface area contributed by atoms with Crippen LogP contribution in [0.1, 0.15) is 44.9 Å². The number of hydrogen-bond acceptors (Lipinski definition) is 2. The van der Waals surface area contributed by atoms with Crippen LogP contribution in [-0.2, 0) is 4.74 Å². The molecule has 2 aliphatic rings. The van der Waals surface area contributed by atoms with E-state index in [1.54, 1.807) is 0 Å². The number of likely N-dealkylation sites (N-methyl/N-ethyl adjacent to an activating group) is 1. The van der Waals surface area contributed by atoms with Crippen molar-refractivity contribution in [2.24, 2.45) is 0 Å². The molecular weight excluding hydrogens is 210 g/mol. The van der Waals surface area contributed by atoms with Gasteiger partial charge in [-0.05, 0) is 32.7 Å². The molecule has 90 valence electrons. The van der Waals surface area contributed by atoms with Crippen molar-refractivity contribution in [3.05, 3.63) is 0 Å². The molecule has 1 aliphatic carbocycles. The Morgan fingerprint density at radius 1 is 1.07 bits per heavy atom. The van der Waals surface area contributed by atoms with Gasteiger partial charge in [-0.15, -0.1) is 12.4 Å². The van der Waals surface area contributed by atoms with Gasteiger partial charge < -0.3 is 9.64 Å². The smallest absolute Gasteiger partial charge is 0.0702 e. The van der Waals surface area contributed by atoms with Crippen LogP contribution in [0.4, 0.5) is 0 Å². The average molecular weight is 234 g/mol. The minimum atomic E-state index is 0. The van der Waals surface area contributed by atoms with Gasteiger partial charge in [0.2, 0.25) is 0 Å². The number of hydrogen-bond donors (Lipinski definition) is 0. The molecule has 1 saturated carbocycles. The van der Waals surface area contributed by atoms with Crippen LogP contribution in [0.25, 0.3) is 0 Å². The summed E-state index contributed by atoms with van der Waals surface area (Å²) in [5.74, 6) is 0. The van der Waals surface area contributed by atoms with Gasteiger partial charge in [-0.2, -0.15) is 0 Å². The summed E-state index contributed by atoms with van der Waals surface area (Å²) in [7, 11) is 2.28. The van der Waals surface area contributed by atoms with Crippen LogP contribution in [0.5, 0.6) is 0 Å². The van der Waals surface area contributed by atoms with E-state index in [9.17, 15) is 0 Å². The quantitative estimate of drug-likeness (QED) is 0.744. The van der Waals surface area contributed by atoms with Crippen molar-refractivity contribution in [3.8, 4) is 0 Å². The van der Waals surface area contributed by atoms with Gasteiger partial charge in [0.05, 0.1) is 6.10 Å². The van der Waals surface area contributed by atoms with Crippen molar-refractivity contribution < 1.29 is 4.74 Å². The second-order valence-electron chi connectivity index (χ2n) is 4.87. The van der Waals surface area contributed by atoms with Crippen LogP contribution in [0.3, 0.4) is 0 Å². The van der Waals surface area contributed by atoms with Crippen molar-refractivity contribution in [2.45, 2.75) is 57.1 Å². The standard InChI is InChI=1S/C12H23NO.ClH/c1-13(10-12-8-5-9-14-12)11-6-3-2-4-7-11;/h11-12H,2-10H2,1H3;1H. The molecule has 0 radical (unpaired) electrons. The molecule has 1 unspecified atom stereocenters. The Morgan fingerprint density at radius 3 is 2.40 bits per heavy atom. The van der Waals surface area contributed by atoms with Crippen molar-refractivity contribution >= 4 is 12.4 Å². The minimum Gasteiger partial charge on any atom is -0.377 e. The van der Waals surface area contributed by atoms with Crippen molar-refractivity contribution in [1.29, 1.82) is 0 Å². The Bertz CT molecular complexity index is 165. The summed E-state index contributed by atoms with van der Waals surface area (Å²) in [6.45, 7) is 2.15. The van der Waals surface area contributed by atoms with Crippen molar-refractivity contribution in [1.82, 2.24) is 4.90 Å². The van der Waals surface area contributed by atoms with Gasteiger partial charge >= 0.3 is 0 Å². The minimum absolute atomic E-state index is 0. The Kier molecular flexibility index (Phi) is 5.95. The third-order valence-electron chi connectivity index (χ3n) is 3.71. The summed E-state index contributed by atoms with van der Waals surface area (Å²) in [6.07, 6.45) is 10.2. The van der Waals surface area contributed by atoms with Crippen LogP contribution in [-0.4, -0.2) is 37.2 Å². The van der Waals surface area contributed by atoms with Crippen LogP contribution >= 0.6 is 12.4 Å². The molecule has 0 aromatic carbocycles. The lowest BCUT2D eigenvalue weighted by molar-refractivity contribution is 0.0610. The van der Waals surface area contributed by atoms with E-state index in [2.05, 4.69) is 11.9 Å². The van der Waals surface area contributed by atoms with Gasteiger partial charge in [0, 0.05) is 19.2 Å². The first kappa shape index (κ1) is 13.3. The van der Waals surface area contributed by atoms with E-state index in [0.717, 1.165) is 19.2 Å². The highest BCUT2D eigenvalue weighted by Crippen LogP contribution is 2.23. The fraction of sp³-hybridized carbons (Fsp3) is 1.00. The Morgan fingerprint density at radius 2 is 1.80 bits per heavy atom. The van der Waals surface area contributed by atoms with Gasteiger partial charge in [-0.1, -0.05) is 19.3 Å². The summed E-state index contributed by atoms with van der Waals surface area (Å²) >= 11 is 0. The second kappa shape index (κ2) is 6.72. The largest absolute Gasteiger partial charge is 0.377 e. The Labute approximate surface area is 99.8 Å². The fourth-order valence-electron chi connectivity index (χ4n) is 2.78. The first-order valence-corrected chi connectivity index (χ1v) is 6.18. The van der Waals surface area contributed by atoms with Gasteiger partial charge in [-0.25, -0.2) is 0 Å². The first-order chi connectivity index (χ1) is 6.86. The van der Waals surface area contributed by atoms with Gasteiger partial charge in [-0.3, -0.25) is 0 Å². The summed E-state index contributed by atoms with van der Waals surface area (Å²) in [6, 6.07) is 0.841. The van der Waals surface area contributed by atoms with E-state index >= 15 is 0 Å². The van der Waals surface area contributed by atoms with Gasteiger partial charge in [0.25, 0.3) is 0 Å². The maximum atomic E-state index is 5.67. The van der Waals surface area contributed by atoms with Gasteiger partial charge in [0.15, 0.2) is 0 Å². The summed E-state index contributed by atoms with van der Waals surface area (Å²) in [5, 5.41) is 0. The highest BCUT2D eigenvalue weighted by molar-refractivity contribution is 5.85. The van der Waals surface area contributed by atoms with E-state index in [0.29, 0.717) is 6.10 Å². The molecule has 1 saturated heterocycles. The SMILES string of the molecule is CN(CC1CCCO1)C1CCCCC1.Cl.